The van der Waals surface area contributed by atoms with E-state index >= 15 is 0 Å². The number of carboxylic acid groups (broad SMARTS) is 1. The molecule has 3 N–H and O–H groups in total. The van der Waals surface area contributed by atoms with Gasteiger partial charge >= 0.3 is 216 Å². The molecule has 2 saturated carbocycles. The molecule has 0 unspecified atom stereocenters. The topological polar surface area (TPSA) is 152 Å². The van der Waals surface area contributed by atoms with E-state index in [-0.39, 0.29) is 31.2 Å². The third-order valence-electron chi connectivity index (χ3n) is 8.07. The second-order valence-electron chi connectivity index (χ2n) is 10.6. The van der Waals surface area contributed by atoms with Gasteiger partial charge < -0.3 is 0 Å². The van der Waals surface area contributed by atoms with Crippen LogP contribution in [0.1, 0.15) is 70.6 Å². The summed E-state index contributed by atoms with van der Waals surface area (Å²) in [5.74, 6) is -1.50. The number of nitrogens with zero attached hydrogens (tertiary/aromatic N) is 1. The first kappa shape index (κ1) is 28.0. The molecule has 3 aliphatic rings. The monoisotopic (exact) mass is 542 g/mol. The number of hydrogen-bond acceptors (Lipinski definition) is 10. The van der Waals surface area contributed by atoms with Gasteiger partial charge in [-0.05, 0) is 0 Å². The Labute approximate surface area is 216 Å². The molecule has 0 saturated heterocycles. The van der Waals surface area contributed by atoms with Crippen molar-refractivity contribution in [2.24, 2.45) is 11.3 Å². The number of esters is 1. The van der Waals surface area contributed by atoms with Gasteiger partial charge in [-0.25, -0.2) is 0 Å². The van der Waals surface area contributed by atoms with Crippen molar-refractivity contribution in [2.75, 3.05) is 49.4 Å². The maximum atomic E-state index is 12.4. The zero-order valence-corrected chi connectivity index (χ0v) is 22.3. The van der Waals surface area contributed by atoms with Crippen LogP contribution in [0.4, 0.5) is 11.4 Å². The van der Waals surface area contributed by atoms with Gasteiger partial charge in [-0.2, -0.15) is 0 Å². The Hall–Kier alpha value is -2.07. The molecule has 0 atom stereocenters. The minimum absolute atomic E-state index is 0.0120. The Balaban J connectivity index is 1.42. The molecule has 0 spiro atoms. The molecular formula is C25H39N2O9P. The normalized spacial score (nSPS) is 21.1. The Morgan fingerprint density at radius 2 is 1.70 bits per heavy atom. The Morgan fingerprint density at radius 1 is 1.00 bits per heavy atom. The van der Waals surface area contributed by atoms with Crippen LogP contribution < -0.4 is 21.1 Å². The fourth-order valence-corrected chi connectivity index (χ4v) is 7.33. The van der Waals surface area contributed by atoms with Crippen LogP contribution in [0.25, 0.3) is 0 Å². The summed E-state index contributed by atoms with van der Waals surface area (Å²) in [7, 11) is -4.03. The van der Waals surface area contributed by atoms with Gasteiger partial charge in [-0.1, -0.05) is 0 Å². The van der Waals surface area contributed by atoms with Gasteiger partial charge in [0.05, 0.1) is 0 Å². The van der Waals surface area contributed by atoms with E-state index in [2.05, 4.69) is 5.32 Å². The number of ether oxygens (including phenoxy) is 1. The summed E-state index contributed by atoms with van der Waals surface area (Å²) in [4.78, 5) is 61.9. The molecule has 1 heterocycles. The Morgan fingerprint density at radius 3 is 2.41 bits per heavy atom. The van der Waals surface area contributed by atoms with E-state index < -0.39 is 37.0 Å². The molecule has 11 nitrogen and oxygen atoms in total. The Bertz CT molecular complexity index is 1030. The number of carboxylic acids is 1. The number of aliphatic carboxylic acids is 1. The molecule has 0 aromatic heterocycles. The minimum atomic E-state index is -4.03. The number of anilines is 2. The molecule has 1 aromatic carbocycles. The standard InChI is InChI=1S/C25H39N2O9P/c28-21-19-20(22(21)29)27(13-7-12-26-19)14-15-37(33,35-16-25(24(31)32)10-5-2-6-11-25)36-17-34-23(30)18-8-3-1-4-9-18/h18,26,33,37H,1-17H2,(H,31,32). The molecule has 0 bridgehead atoms. The first-order valence-corrected chi connectivity index (χ1v) is 15.4. The van der Waals surface area contributed by atoms with Crippen molar-refractivity contribution in [1.29, 1.82) is 0 Å². The number of nitrogens with one attached hydrogen (secondary N) is 1. The van der Waals surface area contributed by atoms with Crippen molar-refractivity contribution in [3.05, 3.63) is 20.4 Å². The SMILES string of the molecule is O=C(OCO[PH](O)(CCN1CCCNc2c1c(=O)c2=O)OCC1(C(=O)O)CCCCC1)C1CCCCC1. The van der Waals surface area contributed by atoms with Gasteiger partial charge in [-0.15, -0.1) is 0 Å². The first-order chi connectivity index (χ1) is 17.7. The van der Waals surface area contributed by atoms with E-state index in [1.54, 1.807) is 4.90 Å². The summed E-state index contributed by atoms with van der Waals surface area (Å²) in [6.45, 7) is 0.560. The van der Waals surface area contributed by atoms with Gasteiger partial charge in [-0.3, -0.25) is 0 Å². The van der Waals surface area contributed by atoms with Gasteiger partial charge in [0.15, 0.2) is 0 Å². The predicted octanol–water partition coefficient (Wildman–Crippen LogP) is 2.54. The van der Waals surface area contributed by atoms with E-state index in [0.29, 0.717) is 43.7 Å². The number of rotatable bonds is 11. The summed E-state index contributed by atoms with van der Waals surface area (Å²) in [6, 6.07) is 0. The van der Waals surface area contributed by atoms with E-state index in [0.717, 1.165) is 51.4 Å². The van der Waals surface area contributed by atoms with Crippen molar-refractivity contribution < 1.29 is 33.4 Å². The summed E-state index contributed by atoms with van der Waals surface area (Å²) < 4.78 is 16.9. The fraction of sp³-hybridized carbons (Fsp3) is 0.760. The van der Waals surface area contributed by atoms with Crippen molar-refractivity contribution in [1.82, 2.24) is 0 Å². The van der Waals surface area contributed by atoms with Crippen LogP contribution in [0, 0.1) is 11.3 Å². The second-order valence-corrected chi connectivity index (χ2v) is 13.1. The van der Waals surface area contributed by atoms with Crippen molar-refractivity contribution in [2.45, 2.75) is 70.6 Å². The molecule has 1 aromatic rings. The van der Waals surface area contributed by atoms with Crippen LogP contribution in [-0.4, -0.2) is 61.1 Å². The first-order valence-electron chi connectivity index (χ1n) is 13.5. The third-order valence-corrected chi connectivity index (χ3v) is 10.1. The van der Waals surface area contributed by atoms with Gasteiger partial charge in [0, 0.05) is 0 Å². The quantitative estimate of drug-likeness (QED) is 0.164. The summed E-state index contributed by atoms with van der Waals surface area (Å²) in [5, 5.41) is 12.9. The van der Waals surface area contributed by atoms with Crippen molar-refractivity contribution >= 4 is 31.3 Å². The van der Waals surface area contributed by atoms with E-state index in [9.17, 15) is 29.2 Å². The number of carbonyl (C=O) groups excluding carboxylic acids is 1. The maximum absolute atomic E-state index is 12.4. The van der Waals surface area contributed by atoms with Gasteiger partial charge in [0.2, 0.25) is 0 Å². The van der Waals surface area contributed by atoms with Crippen molar-refractivity contribution in [3.8, 4) is 0 Å². The van der Waals surface area contributed by atoms with Gasteiger partial charge in [0.25, 0.3) is 0 Å². The Kier molecular flexibility index (Phi) is 9.21. The van der Waals surface area contributed by atoms with E-state index in [1.807, 2.05) is 0 Å². The molecular weight excluding hydrogens is 503 g/mol. The zero-order chi connectivity index (χ0) is 26.5. The van der Waals surface area contributed by atoms with Gasteiger partial charge in [0.1, 0.15) is 0 Å². The molecule has 4 rings (SSSR count). The molecule has 1 aliphatic heterocycles. The molecule has 2 aliphatic carbocycles. The van der Waals surface area contributed by atoms with Crippen LogP contribution in [0.5, 0.6) is 0 Å². The zero-order valence-electron chi connectivity index (χ0n) is 21.3. The average molecular weight is 543 g/mol. The molecule has 37 heavy (non-hydrogen) atoms. The fourth-order valence-electron chi connectivity index (χ4n) is 5.66. The summed E-state index contributed by atoms with van der Waals surface area (Å²) >= 11 is 0. The van der Waals surface area contributed by atoms with Crippen LogP contribution in [0.2, 0.25) is 0 Å². The number of hydrogen-bond donors (Lipinski definition) is 3. The summed E-state index contributed by atoms with van der Waals surface area (Å²) in [6.07, 6.45) is 8.67. The van der Waals surface area contributed by atoms with Crippen LogP contribution >= 0.6 is 7.94 Å². The average Bonchev–Trinajstić information content (AvgIpc) is 3.12. The number of carbonyl (C=O) groups is 2. The van der Waals surface area contributed by atoms with E-state index in [4.69, 9.17) is 13.8 Å². The molecule has 0 radical (unpaired) electrons. The van der Waals surface area contributed by atoms with Crippen LogP contribution in [-0.2, 0) is 23.4 Å². The van der Waals surface area contributed by atoms with Crippen LogP contribution in [0.15, 0.2) is 9.59 Å². The third kappa shape index (κ3) is 6.50. The summed E-state index contributed by atoms with van der Waals surface area (Å²) in [5.41, 5.74) is -1.61. The molecule has 208 valence electrons. The van der Waals surface area contributed by atoms with E-state index in [1.165, 1.54) is 0 Å². The molecule has 2 fully saturated rings. The van der Waals surface area contributed by atoms with Crippen molar-refractivity contribution in [3.63, 3.8) is 0 Å². The molecule has 12 heteroatoms. The second kappa shape index (κ2) is 12.2. The molecule has 0 amide bonds. The van der Waals surface area contributed by atoms with Crippen LogP contribution in [0.3, 0.4) is 0 Å². The number of fused-ring (bicyclic) bond motifs is 1. The predicted molar refractivity (Wildman–Crippen MR) is 140 cm³/mol.